The van der Waals surface area contributed by atoms with Crippen LogP contribution in [0.1, 0.15) is 29.8 Å². The molecule has 6 heteroatoms. The third-order valence-electron chi connectivity index (χ3n) is 4.90. The maximum atomic E-state index is 13.1. The zero-order valence-corrected chi connectivity index (χ0v) is 17.5. The van der Waals surface area contributed by atoms with Crippen molar-refractivity contribution in [3.8, 4) is 0 Å². The lowest BCUT2D eigenvalue weighted by Gasteiger charge is -2.27. The van der Waals surface area contributed by atoms with E-state index in [0.717, 1.165) is 6.42 Å². The summed E-state index contributed by atoms with van der Waals surface area (Å²) in [5.74, 6) is -1.12. The smallest absolute Gasteiger partial charge is 0.251 e. The molecule has 0 aliphatic rings. The first-order valence-corrected chi connectivity index (χ1v) is 9.82. The zero-order chi connectivity index (χ0) is 21.4. The molecule has 0 bridgehead atoms. The Hall–Kier alpha value is -2.73. The van der Waals surface area contributed by atoms with Crippen molar-refractivity contribution in [3.63, 3.8) is 0 Å². The van der Waals surface area contributed by atoms with Gasteiger partial charge in [-0.1, -0.05) is 44.2 Å². The molecule has 2 aromatic carbocycles. The highest BCUT2D eigenvalue weighted by Gasteiger charge is 2.25. The van der Waals surface area contributed by atoms with Gasteiger partial charge in [-0.25, -0.2) is 4.39 Å². The number of carbonyl (C=O) groups is 2. The van der Waals surface area contributed by atoms with E-state index in [9.17, 15) is 14.0 Å². The van der Waals surface area contributed by atoms with Crippen LogP contribution in [0.4, 0.5) is 4.39 Å². The molecule has 0 heterocycles. The molecule has 2 amide bonds. The van der Waals surface area contributed by atoms with Crippen molar-refractivity contribution >= 4 is 11.8 Å². The van der Waals surface area contributed by atoms with Gasteiger partial charge in [-0.05, 0) is 56.3 Å². The number of hydrogen-bond acceptors (Lipinski definition) is 3. The molecular formula is C23H30FN3O2. The molecular weight excluding hydrogens is 369 g/mol. The van der Waals surface area contributed by atoms with E-state index in [4.69, 9.17) is 0 Å². The van der Waals surface area contributed by atoms with E-state index in [2.05, 4.69) is 27.7 Å². The summed E-state index contributed by atoms with van der Waals surface area (Å²) in [6.07, 6.45) is 0.808. The van der Waals surface area contributed by atoms with Gasteiger partial charge in [0.25, 0.3) is 5.91 Å². The minimum absolute atomic E-state index is 0.0914. The first kappa shape index (κ1) is 22.6. The molecule has 5 nitrogen and oxygen atoms in total. The number of nitrogens with one attached hydrogen (secondary N) is 2. The number of halogens is 1. The molecule has 2 atom stereocenters. The number of amides is 2. The molecule has 0 aromatic heterocycles. The largest absolute Gasteiger partial charge is 0.353 e. The third-order valence-corrected chi connectivity index (χ3v) is 4.90. The predicted octanol–water partition coefficient (Wildman–Crippen LogP) is 2.87. The number of nitrogens with zero attached hydrogens (tertiary/aromatic N) is 1. The molecule has 2 aromatic rings. The molecule has 2 unspecified atom stereocenters. The highest BCUT2D eigenvalue weighted by molar-refractivity contribution is 5.97. The van der Waals surface area contributed by atoms with Crippen molar-refractivity contribution in [2.24, 2.45) is 5.92 Å². The summed E-state index contributed by atoms with van der Waals surface area (Å²) in [6.45, 7) is 4.22. The fourth-order valence-corrected chi connectivity index (χ4v) is 3.01. The first-order chi connectivity index (χ1) is 13.8. The molecule has 0 spiro atoms. The monoisotopic (exact) mass is 399 g/mol. The average molecular weight is 400 g/mol. The Bertz CT molecular complexity index is 792. The van der Waals surface area contributed by atoms with E-state index < -0.39 is 17.8 Å². The highest BCUT2D eigenvalue weighted by atomic mass is 19.1. The number of rotatable bonds is 9. The molecule has 2 rings (SSSR count). The normalized spacial score (nSPS) is 13.2. The summed E-state index contributed by atoms with van der Waals surface area (Å²) in [6, 6.07) is 14.8. The van der Waals surface area contributed by atoms with E-state index in [0.29, 0.717) is 12.1 Å². The maximum Gasteiger partial charge on any atom is 0.251 e. The molecule has 0 saturated heterocycles. The second-order valence-corrected chi connectivity index (χ2v) is 7.75. The standard InChI is InChI=1S/C23H30FN3O2/c1-16(2)21(26-22(28)18-10-12-19(24)13-11-18)23(29)25-15-20(27(3)4)14-17-8-6-5-7-9-17/h5-13,16,20-21H,14-15H2,1-4H3,(H,25,29)(H,26,28). The molecule has 0 aliphatic heterocycles. The van der Waals surface area contributed by atoms with Gasteiger partial charge in [0.1, 0.15) is 11.9 Å². The highest BCUT2D eigenvalue weighted by Crippen LogP contribution is 2.09. The van der Waals surface area contributed by atoms with Gasteiger partial charge in [-0.2, -0.15) is 0 Å². The van der Waals surface area contributed by atoms with Gasteiger partial charge < -0.3 is 15.5 Å². The van der Waals surface area contributed by atoms with Gasteiger partial charge in [0.2, 0.25) is 5.91 Å². The van der Waals surface area contributed by atoms with E-state index >= 15 is 0 Å². The SMILES string of the molecule is CC(C)C(NC(=O)c1ccc(F)cc1)C(=O)NCC(Cc1ccccc1)N(C)C. The zero-order valence-electron chi connectivity index (χ0n) is 17.5. The van der Waals surface area contributed by atoms with Crippen molar-refractivity contribution in [2.75, 3.05) is 20.6 Å². The van der Waals surface area contributed by atoms with Gasteiger partial charge in [0.15, 0.2) is 0 Å². The Kier molecular flexibility index (Phi) is 8.34. The topological polar surface area (TPSA) is 61.4 Å². The van der Waals surface area contributed by atoms with Crippen LogP contribution in [0.2, 0.25) is 0 Å². The van der Waals surface area contributed by atoms with Crippen LogP contribution in [-0.2, 0) is 11.2 Å². The van der Waals surface area contributed by atoms with E-state index in [1.165, 1.54) is 29.8 Å². The average Bonchev–Trinajstić information content (AvgIpc) is 2.69. The van der Waals surface area contributed by atoms with Crippen LogP contribution in [0.5, 0.6) is 0 Å². The Morgan fingerprint density at radius 3 is 2.17 bits per heavy atom. The van der Waals surface area contributed by atoms with Crippen LogP contribution >= 0.6 is 0 Å². The number of likely N-dealkylation sites (N-methyl/N-ethyl adjacent to an activating group) is 1. The summed E-state index contributed by atoms with van der Waals surface area (Å²) >= 11 is 0. The molecule has 0 aliphatic carbocycles. The van der Waals surface area contributed by atoms with Crippen LogP contribution in [-0.4, -0.2) is 49.4 Å². The van der Waals surface area contributed by atoms with Gasteiger partial charge in [0.05, 0.1) is 0 Å². The van der Waals surface area contributed by atoms with Crippen molar-refractivity contribution in [2.45, 2.75) is 32.4 Å². The van der Waals surface area contributed by atoms with Crippen LogP contribution in [0.15, 0.2) is 54.6 Å². The number of hydrogen-bond donors (Lipinski definition) is 2. The molecule has 0 radical (unpaired) electrons. The number of benzene rings is 2. The Morgan fingerprint density at radius 2 is 1.62 bits per heavy atom. The van der Waals surface area contributed by atoms with Gasteiger partial charge in [-0.3, -0.25) is 9.59 Å². The van der Waals surface area contributed by atoms with E-state index in [1.54, 1.807) is 0 Å². The maximum absolute atomic E-state index is 13.1. The summed E-state index contributed by atoms with van der Waals surface area (Å²) in [5, 5.41) is 5.74. The molecule has 0 fully saturated rings. The second kappa shape index (κ2) is 10.7. The quantitative estimate of drug-likeness (QED) is 0.682. The summed E-state index contributed by atoms with van der Waals surface area (Å²) in [5.41, 5.74) is 1.52. The van der Waals surface area contributed by atoms with Crippen molar-refractivity contribution in [1.29, 1.82) is 0 Å². The fraction of sp³-hybridized carbons (Fsp3) is 0.391. The molecule has 0 saturated carbocycles. The summed E-state index contributed by atoms with van der Waals surface area (Å²) < 4.78 is 13.1. The van der Waals surface area contributed by atoms with Crippen LogP contribution in [0, 0.1) is 11.7 Å². The molecule has 156 valence electrons. The van der Waals surface area contributed by atoms with Crippen LogP contribution in [0.25, 0.3) is 0 Å². The predicted molar refractivity (Wildman–Crippen MR) is 113 cm³/mol. The Labute approximate surface area is 172 Å². The van der Waals surface area contributed by atoms with E-state index in [-0.39, 0.29) is 17.9 Å². The van der Waals surface area contributed by atoms with Gasteiger partial charge in [0, 0.05) is 18.2 Å². The van der Waals surface area contributed by atoms with E-state index in [1.807, 2.05) is 46.1 Å². The van der Waals surface area contributed by atoms with Gasteiger partial charge in [-0.15, -0.1) is 0 Å². The van der Waals surface area contributed by atoms with Gasteiger partial charge >= 0.3 is 0 Å². The van der Waals surface area contributed by atoms with Crippen LogP contribution < -0.4 is 10.6 Å². The van der Waals surface area contributed by atoms with Crippen molar-refractivity contribution in [1.82, 2.24) is 15.5 Å². The Morgan fingerprint density at radius 1 is 1.00 bits per heavy atom. The Balaban J connectivity index is 1.98. The van der Waals surface area contributed by atoms with Crippen LogP contribution in [0.3, 0.4) is 0 Å². The summed E-state index contributed by atoms with van der Waals surface area (Å²) in [4.78, 5) is 27.3. The molecule has 2 N–H and O–H groups in total. The van der Waals surface area contributed by atoms with Crippen molar-refractivity contribution < 1.29 is 14.0 Å². The third kappa shape index (κ3) is 6.98. The fourth-order valence-electron chi connectivity index (χ4n) is 3.01. The first-order valence-electron chi connectivity index (χ1n) is 9.82. The number of carbonyl (C=O) groups excluding carboxylic acids is 2. The minimum Gasteiger partial charge on any atom is -0.353 e. The minimum atomic E-state index is -0.674. The second-order valence-electron chi connectivity index (χ2n) is 7.75. The lowest BCUT2D eigenvalue weighted by molar-refractivity contribution is -0.124. The lowest BCUT2D eigenvalue weighted by Crippen LogP contribution is -2.52. The lowest BCUT2D eigenvalue weighted by atomic mass is 10.0. The van der Waals surface area contributed by atoms with Crippen molar-refractivity contribution in [3.05, 3.63) is 71.5 Å². The summed E-state index contributed by atoms with van der Waals surface area (Å²) in [7, 11) is 3.96. The molecule has 29 heavy (non-hydrogen) atoms.